The number of hydrogen-bond acceptors (Lipinski definition) is 2. The maximum absolute atomic E-state index is 11.6. The maximum atomic E-state index is 11.6. The summed E-state index contributed by atoms with van der Waals surface area (Å²) >= 11 is 0. The van der Waals surface area contributed by atoms with Crippen molar-refractivity contribution in [3.8, 4) is 0 Å². The van der Waals surface area contributed by atoms with E-state index in [4.69, 9.17) is 5.73 Å². The number of likely N-dealkylation sites (N-methyl/N-ethyl adjacent to an activating group) is 1. The van der Waals surface area contributed by atoms with E-state index in [1.54, 1.807) is 4.90 Å². The first-order valence-electron chi connectivity index (χ1n) is 5.58. The molecule has 1 aromatic carbocycles. The molecule has 2 unspecified atom stereocenters. The second-order valence-corrected chi connectivity index (χ2v) is 4.74. The lowest BCUT2D eigenvalue weighted by atomic mass is 9.97. The van der Waals surface area contributed by atoms with Crippen LogP contribution in [0.15, 0.2) is 18.2 Å². The van der Waals surface area contributed by atoms with Crippen molar-refractivity contribution in [3.63, 3.8) is 0 Å². The molecule has 2 atom stereocenters. The second kappa shape index (κ2) is 3.91. The molecule has 0 bridgehead atoms. The molecule has 1 aliphatic heterocycles. The average molecular weight is 218 g/mol. The standard InChI is InChI=1S/C13H18N2O/c1-8-4-9(2)6-10(5-8)13-11(14)7-12(16)15(13)3/h4-6,11,13H,7,14H2,1-3H3. The van der Waals surface area contributed by atoms with Crippen LogP contribution in [0.3, 0.4) is 0 Å². The first kappa shape index (κ1) is 11.1. The molecular weight excluding hydrogens is 200 g/mol. The third-order valence-electron chi connectivity index (χ3n) is 3.21. The van der Waals surface area contributed by atoms with Gasteiger partial charge in [-0.15, -0.1) is 0 Å². The average Bonchev–Trinajstić information content (AvgIpc) is 2.39. The fourth-order valence-electron chi connectivity index (χ4n) is 2.55. The van der Waals surface area contributed by atoms with Gasteiger partial charge < -0.3 is 10.6 Å². The number of nitrogens with two attached hydrogens (primary N) is 1. The van der Waals surface area contributed by atoms with Crippen molar-refractivity contribution < 1.29 is 4.79 Å². The normalized spacial score (nSPS) is 25.2. The number of carbonyl (C=O) groups excluding carboxylic acids is 1. The molecule has 1 aromatic rings. The van der Waals surface area contributed by atoms with Crippen LogP contribution in [0.25, 0.3) is 0 Å². The molecule has 1 saturated heterocycles. The van der Waals surface area contributed by atoms with Crippen molar-refractivity contribution in [2.75, 3.05) is 7.05 Å². The summed E-state index contributed by atoms with van der Waals surface area (Å²) < 4.78 is 0. The van der Waals surface area contributed by atoms with Gasteiger partial charge in [0.1, 0.15) is 0 Å². The molecule has 86 valence electrons. The minimum absolute atomic E-state index is 0.0334. The number of benzene rings is 1. The molecular formula is C13H18N2O. The van der Waals surface area contributed by atoms with E-state index in [1.807, 2.05) is 7.05 Å². The minimum Gasteiger partial charge on any atom is -0.337 e. The second-order valence-electron chi connectivity index (χ2n) is 4.74. The van der Waals surface area contributed by atoms with Crippen LogP contribution in [0, 0.1) is 13.8 Å². The van der Waals surface area contributed by atoms with Crippen LogP contribution < -0.4 is 5.73 Å². The van der Waals surface area contributed by atoms with E-state index in [-0.39, 0.29) is 18.0 Å². The molecule has 3 heteroatoms. The summed E-state index contributed by atoms with van der Waals surface area (Å²) in [5.41, 5.74) is 9.62. The van der Waals surface area contributed by atoms with Crippen LogP contribution in [0.5, 0.6) is 0 Å². The molecule has 0 radical (unpaired) electrons. The molecule has 16 heavy (non-hydrogen) atoms. The first-order chi connectivity index (χ1) is 7.49. The quantitative estimate of drug-likeness (QED) is 0.777. The summed E-state index contributed by atoms with van der Waals surface area (Å²) in [6.07, 6.45) is 0.453. The van der Waals surface area contributed by atoms with Crippen molar-refractivity contribution in [1.82, 2.24) is 4.90 Å². The van der Waals surface area contributed by atoms with Gasteiger partial charge in [0.25, 0.3) is 0 Å². The Hall–Kier alpha value is -1.35. The number of carbonyl (C=O) groups is 1. The van der Waals surface area contributed by atoms with E-state index in [1.165, 1.54) is 11.1 Å². The number of likely N-dealkylation sites (tertiary alicyclic amines) is 1. The lowest BCUT2D eigenvalue weighted by molar-refractivity contribution is -0.127. The Bertz CT molecular complexity index is 408. The highest BCUT2D eigenvalue weighted by Crippen LogP contribution is 2.31. The van der Waals surface area contributed by atoms with Crippen molar-refractivity contribution in [3.05, 3.63) is 34.9 Å². The minimum atomic E-state index is -0.0845. The topological polar surface area (TPSA) is 46.3 Å². The molecule has 1 heterocycles. The fraction of sp³-hybridized carbons (Fsp3) is 0.462. The summed E-state index contributed by atoms with van der Waals surface area (Å²) in [4.78, 5) is 13.3. The van der Waals surface area contributed by atoms with Crippen molar-refractivity contribution in [1.29, 1.82) is 0 Å². The van der Waals surface area contributed by atoms with Gasteiger partial charge in [-0.25, -0.2) is 0 Å². The molecule has 1 amide bonds. The monoisotopic (exact) mass is 218 g/mol. The van der Waals surface area contributed by atoms with Crippen molar-refractivity contribution in [2.24, 2.45) is 5.73 Å². The maximum Gasteiger partial charge on any atom is 0.224 e. The Morgan fingerprint density at radius 2 is 1.81 bits per heavy atom. The zero-order valence-corrected chi connectivity index (χ0v) is 10.0. The lowest BCUT2D eigenvalue weighted by Gasteiger charge is -2.24. The van der Waals surface area contributed by atoms with Gasteiger partial charge >= 0.3 is 0 Å². The van der Waals surface area contributed by atoms with Gasteiger partial charge in [0.2, 0.25) is 5.91 Å². The predicted molar refractivity (Wildman–Crippen MR) is 64.0 cm³/mol. The van der Waals surface area contributed by atoms with E-state index in [9.17, 15) is 4.79 Å². The largest absolute Gasteiger partial charge is 0.337 e. The first-order valence-corrected chi connectivity index (χ1v) is 5.58. The smallest absolute Gasteiger partial charge is 0.224 e. The Morgan fingerprint density at radius 1 is 1.25 bits per heavy atom. The molecule has 0 saturated carbocycles. The highest BCUT2D eigenvalue weighted by Gasteiger charge is 2.36. The molecule has 1 aliphatic rings. The zero-order chi connectivity index (χ0) is 11.9. The summed E-state index contributed by atoms with van der Waals surface area (Å²) in [5.74, 6) is 0.136. The summed E-state index contributed by atoms with van der Waals surface area (Å²) in [5, 5.41) is 0. The number of aryl methyl sites for hydroxylation is 2. The predicted octanol–water partition coefficient (Wildman–Crippen LogP) is 1.53. The number of hydrogen-bond donors (Lipinski definition) is 1. The highest BCUT2D eigenvalue weighted by molar-refractivity contribution is 5.80. The number of nitrogens with zero attached hydrogens (tertiary/aromatic N) is 1. The Kier molecular flexibility index (Phi) is 2.72. The Balaban J connectivity index is 2.40. The Morgan fingerprint density at radius 3 is 2.25 bits per heavy atom. The van der Waals surface area contributed by atoms with E-state index in [2.05, 4.69) is 32.0 Å². The van der Waals surface area contributed by atoms with Crippen LogP contribution in [0.2, 0.25) is 0 Å². The number of rotatable bonds is 1. The molecule has 0 aromatic heterocycles. The van der Waals surface area contributed by atoms with Crippen LogP contribution in [0.4, 0.5) is 0 Å². The van der Waals surface area contributed by atoms with Gasteiger partial charge in [-0.1, -0.05) is 29.3 Å². The van der Waals surface area contributed by atoms with E-state index in [0.29, 0.717) is 6.42 Å². The van der Waals surface area contributed by atoms with Crippen LogP contribution in [-0.2, 0) is 4.79 Å². The highest BCUT2D eigenvalue weighted by atomic mass is 16.2. The van der Waals surface area contributed by atoms with Gasteiger partial charge in [0.05, 0.1) is 6.04 Å². The molecule has 1 fully saturated rings. The van der Waals surface area contributed by atoms with E-state index < -0.39 is 0 Å². The molecule has 2 N–H and O–H groups in total. The van der Waals surface area contributed by atoms with Gasteiger partial charge in [-0.2, -0.15) is 0 Å². The fourth-order valence-corrected chi connectivity index (χ4v) is 2.55. The number of amides is 1. The van der Waals surface area contributed by atoms with Crippen LogP contribution in [-0.4, -0.2) is 23.9 Å². The van der Waals surface area contributed by atoms with Gasteiger partial charge in [-0.05, 0) is 19.4 Å². The van der Waals surface area contributed by atoms with Gasteiger partial charge in [-0.3, -0.25) is 4.79 Å². The lowest BCUT2D eigenvalue weighted by Crippen LogP contribution is -2.30. The molecule has 3 nitrogen and oxygen atoms in total. The van der Waals surface area contributed by atoms with Gasteiger partial charge in [0.15, 0.2) is 0 Å². The third kappa shape index (κ3) is 1.83. The SMILES string of the molecule is Cc1cc(C)cc(C2C(N)CC(=O)N2C)c1. The van der Waals surface area contributed by atoms with Gasteiger partial charge in [0, 0.05) is 19.5 Å². The Labute approximate surface area is 96.2 Å². The molecule has 2 rings (SSSR count). The van der Waals surface area contributed by atoms with Crippen LogP contribution in [0.1, 0.15) is 29.2 Å². The zero-order valence-electron chi connectivity index (χ0n) is 10.0. The molecule has 0 spiro atoms. The molecule has 0 aliphatic carbocycles. The third-order valence-corrected chi connectivity index (χ3v) is 3.21. The van der Waals surface area contributed by atoms with E-state index >= 15 is 0 Å². The van der Waals surface area contributed by atoms with E-state index in [0.717, 1.165) is 5.56 Å². The van der Waals surface area contributed by atoms with Crippen LogP contribution >= 0.6 is 0 Å². The van der Waals surface area contributed by atoms with Crippen molar-refractivity contribution >= 4 is 5.91 Å². The summed E-state index contributed by atoms with van der Waals surface area (Å²) in [7, 11) is 1.83. The van der Waals surface area contributed by atoms with Crippen molar-refractivity contribution in [2.45, 2.75) is 32.4 Å². The summed E-state index contributed by atoms with van der Waals surface area (Å²) in [6.45, 7) is 4.14. The summed E-state index contributed by atoms with van der Waals surface area (Å²) in [6, 6.07) is 6.32.